The third-order valence-corrected chi connectivity index (χ3v) is 4.36. The minimum absolute atomic E-state index is 0.0500. The Morgan fingerprint density at radius 1 is 1.09 bits per heavy atom. The summed E-state index contributed by atoms with van der Waals surface area (Å²) in [7, 11) is 2.06. The number of likely N-dealkylation sites (N-methyl/N-ethyl adjacent to an activating group) is 1. The van der Waals surface area contributed by atoms with Gasteiger partial charge >= 0.3 is 0 Å². The number of rotatable bonds is 5. The Morgan fingerprint density at radius 2 is 1.77 bits per heavy atom. The quantitative estimate of drug-likeness (QED) is 0.873. The van der Waals surface area contributed by atoms with Gasteiger partial charge < -0.3 is 10.2 Å². The molecule has 0 saturated carbocycles. The van der Waals surface area contributed by atoms with Crippen LogP contribution in [0.4, 0.5) is 5.69 Å². The van der Waals surface area contributed by atoms with E-state index in [1.165, 1.54) is 16.0 Å². The van der Waals surface area contributed by atoms with Gasteiger partial charge in [0.2, 0.25) is 0 Å². The van der Waals surface area contributed by atoms with Crippen LogP contribution in [0.25, 0.3) is 0 Å². The van der Waals surface area contributed by atoms with E-state index in [0.717, 1.165) is 11.3 Å². The second-order valence-corrected chi connectivity index (χ2v) is 5.95. The van der Waals surface area contributed by atoms with Crippen LogP contribution in [0.15, 0.2) is 48.5 Å². The molecule has 1 unspecified atom stereocenters. The average Bonchev–Trinajstić information content (AvgIpc) is 2.52. The van der Waals surface area contributed by atoms with Crippen molar-refractivity contribution in [2.45, 2.75) is 26.8 Å². The number of aryl methyl sites for hydroxylation is 1. The van der Waals surface area contributed by atoms with E-state index in [4.69, 9.17) is 0 Å². The summed E-state index contributed by atoms with van der Waals surface area (Å²) in [4.78, 5) is 13.5. The van der Waals surface area contributed by atoms with Gasteiger partial charge in [-0.15, -0.1) is 0 Å². The lowest BCUT2D eigenvalue weighted by atomic mass is 10.1. The van der Waals surface area contributed by atoms with Gasteiger partial charge in [0, 0.05) is 11.3 Å². The maximum Gasteiger partial charge on any atom is 0.279 e. The first-order valence-electron chi connectivity index (χ1n) is 7.72. The highest BCUT2D eigenvalue weighted by molar-refractivity contribution is 5.92. The van der Waals surface area contributed by atoms with Crippen molar-refractivity contribution in [3.05, 3.63) is 65.2 Å². The first kappa shape index (κ1) is 16.2. The zero-order valence-corrected chi connectivity index (χ0v) is 13.8. The van der Waals surface area contributed by atoms with Crippen molar-refractivity contribution >= 4 is 11.6 Å². The summed E-state index contributed by atoms with van der Waals surface area (Å²) >= 11 is 0. The monoisotopic (exact) mass is 297 g/mol. The van der Waals surface area contributed by atoms with E-state index in [-0.39, 0.29) is 11.9 Å². The van der Waals surface area contributed by atoms with E-state index in [9.17, 15) is 4.79 Å². The molecular weight excluding hydrogens is 272 g/mol. The van der Waals surface area contributed by atoms with Crippen LogP contribution in [0.5, 0.6) is 0 Å². The van der Waals surface area contributed by atoms with Crippen molar-refractivity contribution in [3.8, 4) is 0 Å². The van der Waals surface area contributed by atoms with E-state index in [1.54, 1.807) is 0 Å². The summed E-state index contributed by atoms with van der Waals surface area (Å²) in [5, 5.41) is 3.03. The number of hydrogen-bond acceptors (Lipinski definition) is 1. The molecule has 3 nitrogen and oxygen atoms in total. The minimum Gasteiger partial charge on any atom is -0.324 e. The average molecular weight is 297 g/mol. The predicted molar refractivity (Wildman–Crippen MR) is 91.2 cm³/mol. The topological polar surface area (TPSA) is 33.5 Å². The number of amides is 1. The van der Waals surface area contributed by atoms with Gasteiger partial charge in [0.1, 0.15) is 6.04 Å². The largest absolute Gasteiger partial charge is 0.324 e. The molecule has 0 aliphatic carbocycles. The lowest BCUT2D eigenvalue weighted by molar-refractivity contribution is -0.902. The van der Waals surface area contributed by atoms with E-state index < -0.39 is 0 Å². The Kier molecular flexibility index (Phi) is 5.34. The molecule has 3 heteroatoms. The minimum atomic E-state index is 0.0500. The van der Waals surface area contributed by atoms with Crippen LogP contribution >= 0.6 is 0 Å². The number of quaternary nitrogens is 1. The normalized spacial score (nSPS) is 13.5. The van der Waals surface area contributed by atoms with Gasteiger partial charge in [0.05, 0.1) is 7.05 Å². The fourth-order valence-electron chi connectivity index (χ4n) is 2.51. The van der Waals surface area contributed by atoms with Gasteiger partial charge in [0.15, 0.2) is 6.54 Å². The molecule has 0 spiro atoms. The molecule has 2 N–H and O–H groups in total. The van der Waals surface area contributed by atoms with Crippen LogP contribution < -0.4 is 10.2 Å². The predicted octanol–water partition coefficient (Wildman–Crippen LogP) is 2.52. The zero-order chi connectivity index (χ0) is 16.1. The second kappa shape index (κ2) is 7.23. The highest BCUT2D eigenvalue weighted by Gasteiger charge is 2.18. The zero-order valence-electron chi connectivity index (χ0n) is 13.8. The number of nitrogens with one attached hydrogen (secondary N) is 2. The Balaban J connectivity index is 1.98. The van der Waals surface area contributed by atoms with Crippen LogP contribution in [0.2, 0.25) is 0 Å². The number of carbonyl (C=O) groups is 1. The Bertz CT molecular complexity index is 637. The Morgan fingerprint density at radius 3 is 2.45 bits per heavy atom. The molecule has 0 heterocycles. The van der Waals surface area contributed by atoms with Gasteiger partial charge in [-0.1, -0.05) is 42.5 Å². The molecule has 2 rings (SSSR count). The lowest BCUT2D eigenvalue weighted by Crippen LogP contribution is -3.10. The summed E-state index contributed by atoms with van der Waals surface area (Å²) in [5.41, 5.74) is 4.48. The summed E-state index contributed by atoms with van der Waals surface area (Å²) in [6.07, 6.45) is 0. The van der Waals surface area contributed by atoms with Gasteiger partial charge in [0.25, 0.3) is 5.91 Å². The van der Waals surface area contributed by atoms with E-state index in [2.05, 4.69) is 44.4 Å². The van der Waals surface area contributed by atoms with Crippen molar-refractivity contribution in [1.82, 2.24) is 0 Å². The van der Waals surface area contributed by atoms with Crippen LogP contribution in [0.1, 0.15) is 29.7 Å². The van der Waals surface area contributed by atoms with Gasteiger partial charge in [-0.3, -0.25) is 4.79 Å². The standard InChI is InChI=1S/C19H24N2O/c1-14-9-8-12-18(15(14)2)20-19(22)13-21(4)16(3)17-10-6-5-7-11-17/h5-12,16H,13H2,1-4H3,(H,20,22)/p+1/t16-/m1/s1. The highest BCUT2D eigenvalue weighted by Crippen LogP contribution is 2.17. The highest BCUT2D eigenvalue weighted by atomic mass is 16.2. The summed E-state index contributed by atoms with van der Waals surface area (Å²) < 4.78 is 0. The van der Waals surface area contributed by atoms with Gasteiger partial charge in [-0.2, -0.15) is 0 Å². The third kappa shape index (κ3) is 3.95. The third-order valence-electron chi connectivity index (χ3n) is 4.36. The molecular formula is C19H25N2O+. The Labute approximate surface area is 133 Å². The van der Waals surface area contributed by atoms with Crippen LogP contribution in [-0.4, -0.2) is 19.5 Å². The summed E-state index contributed by atoms with van der Waals surface area (Å²) in [5.74, 6) is 0.0500. The number of anilines is 1. The molecule has 1 amide bonds. The van der Waals surface area contributed by atoms with Crippen LogP contribution in [0.3, 0.4) is 0 Å². The van der Waals surface area contributed by atoms with Crippen LogP contribution in [0, 0.1) is 13.8 Å². The molecule has 22 heavy (non-hydrogen) atoms. The molecule has 0 fully saturated rings. The van der Waals surface area contributed by atoms with Gasteiger partial charge in [-0.05, 0) is 38.0 Å². The molecule has 2 aromatic carbocycles. The lowest BCUT2D eigenvalue weighted by Gasteiger charge is -2.22. The molecule has 0 aliphatic rings. The molecule has 0 bridgehead atoms. The first-order valence-corrected chi connectivity index (χ1v) is 7.72. The maximum absolute atomic E-state index is 12.3. The number of carbonyl (C=O) groups excluding carboxylic acids is 1. The molecule has 0 saturated heterocycles. The van der Waals surface area contributed by atoms with Crippen molar-refractivity contribution in [3.63, 3.8) is 0 Å². The van der Waals surface area contributed by atoms with Crippen LogP contribution in [-0.2, 0) is 4.79 Å². The van der Waals surface area contributed by atoms with Gasteiger partial charge in [-0.25, -0.2) is 0 Å². The SMILES string of the molecule is Cc1cccc(NC(=O)C[NH+](C)[C@H](C)c2ccccc2)c1C. The number of benzene rings is 2. The molecule has 0 radical (unpaired) electrons. The van der Waals surface area contributed by atoms with E-state index >= 15 is 0 Å². The van der Waals surface area contributed by atoms with Crippen molar-refractivity contribution in [2.75, 3.05) is 18.9 Å². The Hall–Kier alpha value is -2.13. The first-order chi connectivity index (χ1) is 10.5. The summed E-state index contributed by atoms with van der Waals surface area (Å²) in [6, 6.07) is 16.6. The molecule has 0 aliphatic heterocycles. The molecule has 2 atom stereocenters. The fraction of sp³-hybridized carbons (Fsp3) is 0.316. The smallest absolute Gasteiger partial charge is 0.279 e. The molecule has 2 aromatic rings. The number of hydrogen-bond donors (Lipinski definition) is 2. The van der Waals surface area contributed by atoms with E-state index in [1.807, 2.05) is 37.3 Å². The van der Waals surface area contributed by atoms with Crippen molar-refractivity contribution in [2.24, 2.45) is 0 Å². The summed E-state index contributed by atoms with van der Waals surface area (Å²) in [6.45, 7) is 6.69. The van der Waals surface area contributed by atoms with Crippen molar-refractivity contribution < 1.29 is 9.69 Å². The molecule has 116 valence electrons. The van der Waals surface area contributed by atoms with E-state index in [0.29, 0.717) is 6.54 Å². The maximum atomic E-state index is 12.3. The second-order valence-electron chi connectivity index (χ2n) is 5.95. The van der Waals surface area contributed by atoms with Crippen molar-refractivity contribution in [1.29, 1.82) is 0 Å². The molecule has 0 aromatic heterocycles. The fourth-order valence-corrected chi connectivity index (χ4v) is 2.51.